The van der Waals surface area contributed by atoms with Crippen LogP contribution in [0.4, 0.5) is 5.82 Å². The van der Waals surface area contributed by atoms with Gasteiger partial charge < -0.3 is 9.80 Å². The molecule has 22 heavy (non-hydrogen) atoms. The second-order valence-corrected chi connectivity index (χ2v) is 6.35. The zero-order valence-corrected chi connectivity index (χ0v) is 14.0. The highest BCUT2D eigenvalue weighted by Crippen LogP contribution is 2.29. The van der Waals surface area contributed by atoms with Crippen LogP contribution in [-0.4, -0.2) is 42.0 Å². The monoisotopic (exact) mass is 320 g/mol. The number of aromatic nitrogens is 1. The molecule has 1 aliphatic heterocycles. The minimum absolute atomic E-state index is 0.0702. The number of pyridine rings is 1. The Kier molecular flexibility index (Phi) is 5.25. The van der Waals surface area contributed by atoms with E-state index in [1.165, 1.54) is 6.20 Å². The van der Waals surface area contributed by atoms with Crippen molar-refractivity contribution in [1.29, 1.82) is 5.26 Å². The Morgan fingerprint density at radius 1 is 1.50 bits per heavy atom. The van der Waals surface area contributed by atoms with Crippen molar-refractivity contribution in [3.8, 4) is 6.07 Å². The first-order chi connectivity index (χ1) is 10.4. The molecule has 0 unspecified atom stereocenters. The minimum atomic E-state index is 0.0702. The summed E-state index contributed by atoms with van der Waals surface area (Å²) in [5.41, 5.74) is 0.456. The maximum absolute atomic E-state index is 12.4. The van der Waals surface area contributed by atoms with Gasteiger partial charge in [-0.1, -0.05) is 11.6 Å². The van der Waals surface area contributed by atoms with Crippen molar-refractivity contribution in [3.05, 3.63) is 22.8 Å². The number of piperidine rings is 1. The molecule has 2 heterocycles. The summed E-state index contributed by atoms with van der Waals surface area (Å²) in [5.74, 6) is 0.984. The van der Waals surface area contributed by atoms with Gasteiger partial charge in [0, 0.05) is 38.3 Å². The molecule has 2 rings (SSSR count). The zero-order chi connectivity index (χ0) is 16.3. The molecule has 1 saturated heterocycles. The maximum atomic E-state index is 12.4. The lowest BCUT2D eigenvalue weighted by Gasteiger charge is -2.35. The predicted molar refractivity (Wildman–Crippen MR) is 86.8 cm³/mol. The fourth-order valence-corrected chi connectivity index (χ4v) is 2.89. The molecule has 0 atom stereocenters. The summed E-state index contributed by atoms with van der Waals surface area (Å²) < 4.78 is 0. The van der Waals surface area contributed by atoms with Crippen molar-refractivity contribution in [2.75, 3.05) is 25.0 Å². The van der Waals surface area contributed by atoms with Crippen molar-refractivity contribution in [1.82, 2.24) is 9.88 Å². The van der Waals surface area contributed by atoms with Gasteiger partial charge in [0.1, 0.15) is 11.9 Å². The number of halogens is 1. The first-order valence-corrected chi connectivity index (χ1v) is 7.89. The summed E-state index contributed by atoms with van der Waals surface area (Å²) >= 11 is 6.20. The lowest BCUT2D eigenvalue weighted by Crippen LogP contribution is -2.43. The molecule has 0 spiro atoms. The number of nitriles is 1. The number of carbonyl (C=O) groups is 1. The molecule has 0 aliphatic carbocycles. The second kappa shape index (κ2) is 6.97. The zero-order valence-electron chi connectivity index (χ0n) is 13.2. The van der Waals surface area contributed by atoms with Gasteiger partial charge in [0.25, 0.3) is 0 Å². The second-order valence-electron chi connectivity index (χ2n) is 5.95. The van der Waals surface area contributed by atoms with Gasteiger partial charge in [0.15, 0.2) is 0 Å². The molecule has 1 fully saturated rings. The van der Waals surface area contributed by atoms with Gasteiger partial charge in [-0.15, -0.1) is 0 Å². The number of nitrogens with zero attached hydrogens (tertiary/aromatic N) is 4. The van der Waals surface area contributed by atoms with Gasteiger partial charge >= 0.3 is 0 Å². The van der Waals surface area contributed by atoms with Crippen LogP contribution in [-0.2, 0) is 4.79 Å². The summed E-state index contributed by atoms with van der Waals surface area (Å²) in [6.07, 6.45) is 3.13. The Balaban J connectivity index is 2.01. The molecule has 6 heteroatoms. The summed E-state index contributed by atoms with van der Waals surface area (Å²) in [6.45, 7) is 5.54. The molecule has 1 aromatic heterocycles. The number of hydrogen-bond acceptors (Lipinski definition) is 4. The third-order valence-corrected chi connectivity index (χ3v) is 4.49. The topological polar surface area (TPSA) is 60.2 Å². The average molecular weight is 321 g/mol. The molecule has 5 nitrogen and oxygen atoms in total. The summed E-state index contributed by atoms with van der Waals surface area (Å²) in [4.78, 5) is 20.5. The van der Waals surface area contributed by atoms with Crippen molar-refractivity contribution >= 4 is 23.3 Å². The SMILES string of the molecule is CC(C)N(C)C(=O)C1CCN(c2ncc(C#N)cc2Cl)CC1. The van der Waals surface area contributed by atoms with Crippen LogP contribution >= 0.6 is 11.6 Å². The van der Waals surface area contributed by atoms with Crippen molar-refractivity contribution in [2.24, 2.45) is 5.92 Å². The van der Waals surface area contributed by atoms with E-state index in [9.17, 15) is 4.79 Å². The van der Waals surface area contributed by atoms with E-state index in [-0.39, 0.29) is 17.9 Å². The number of hydrogen-bond donors (Lipinski definition) is 0. The Morgan fingerprint density at radius 3 is 2.64 bits per heavy atom. The molecule has 1 aliphatic rings. The molecule has 0 saturated carbocycles. The molecule has 0 bridgehead atoms. The normalized spacial score (nSPS) is 15.7. The highest BCUT2D eigenvalue weighted by atomic mass is 35.5. The first kappa shape index (κ1) is 16.6. The Hall–Kier alpha value is -1.80. The van der Waals surface area contributed by atoms with Crippen LogP contribution in [0.1, 0.15) is 32.3 Å². The van der Waals surface area contributed by atoms with Crippen LogP contribution in [0.15, 0.2) is 12.3 Å². The van der Waals surface area contributed by atoms with Crippen LogP contribution in [0, 0.1) is 17.2 Å². The lowest BCUT2D eigenvalue weighted by molar-refractivity contribution is -0.136. The molecule has 118 valence electrons. The van der Waals surface area contributed by atoms with E-state index < -0.39 is 0 Å². The minimum Gasteiger partial charge on any atom is -0.355 e. The van der Waals surface area contributed by atoms with Crippen molar-refractivity contribution in [3.63, 3.8) is 0 Å². The van der Waals surface area contributed by atoms with E-state index in [0.717, 1.165) is 25.9 Å². The van der Waals surface area contributed by atoms with Gasteiger partial charge in [-0.3, -0.25) is 4.79 Å². The molecule has 1 amide bonds. The molecule has 1 aromatic rings. The number of anilines is 1. The van der Waals surface area contributed by atoms with E-state index in [1.54, 1.807) is 6.07 Å². The average Bonchev–Trinajstić information content (AvgIpc) is 2.53. The first-order valence-electron chi connectivity index (χ1n) is 7.51. The molecular formula is C16H21ClN4O. The van der Waals surface area contributed by atoms with Crippen LogP contribution in [0.5, 0.6) is 0 Å². The van der Waals surface area contributed by atoms with E-state index in [2.05, 4.69) is 9.88 Å². The lowest BCUT2D eigenvalue weighted by atomic mass is 9.95. The van der Waals surface area contributed by atoms with E-state index in [4.69, 9.17) is 16.9 Å². The molecular weight excluding hydrogens is 300 g/mol. The summed E-state index contributed by atoms with van der Waals surface area (Å²) in [7, 11) is 1.86. The van der Waals surface area contributed by atoms with Gasteiger partial charge in [-0.05, 0) is 32.8 Å². The van der Waals surface area contributed by atoms with Crippen LogP contribution in [0.2, 0.25) is 5.02 Å². The van der Waals surface area contributed by atoms with Crippen molar-refractivity contribution in [2.45, 2.75) is 32.7 Å². The molecule has 0 aromatic carbocycles. The highest BCUT2D eigenvalue weighted by Gasteiger charge is 2.29. The fourth-order valence-electron chi connectivity index (χ4n) is 2.61. The van der Waals surface area contributed by atoms with Gasteiger partial charge in [0.05, 0.1) is 10.6 Å². The number of carbonyl (C=O) groups excluding carboxylic acids is 1. The van der Waals surface area contributed by atoms with Crippen LogP contribution in [0.3, 0.4) is 0 Å². The van der Waals surface area contributed by atoms with E-state index >= 15 is 0 Å². The number of rotatable bonds is 3. The third-order valence-electron chi connectivity index (χ3n) is 4.22. The van der Waals surface area contributed by atoms with Gasteiger partial charge in [-0.25, -0.2) is 4.98 Å². The molecule has 0 radical (unpaired) electrons. The fraction of sp³-hybridized carbons (Fsp3) is 0.562. The Morgan fingerprint density at radius 2 is 2.14 bits per heavy atom. The summed E-state index contributed by atoms with van der Waals surface area (Å²) in [6, 6.07) is 3.88. The Labute approximate surface area is 136 Å². The van der Waals surface area contributed by atoms with Gasteiger partial charge in [-0.2, -0.15) is 5.26 Å². The van der Waals surface area contributed by atoms with E-state index in [0.29, 0.717) is 16.4 Å². The third kappa shape index (κ3) is 3.50. The van der Waals surface area contributed by atoms with Crippen LogP contribution in [0.25, 0.3) is 0 Å². The largest absolute Gasteiger partial charge is 0.355 e. The molecule has 0 N–H and O–H groups in total. The summed E-state index contributed by atoms with van der Waals surface area (Å²) in [5, 5.41) is 9.34. The standard InChI is InChI=1S/C16H21ClN4O/c1-11(2)20(3)16(22)13-4-6-21(7-5-13)15-14(17)8-12(9-18)10-19-15/h8,10-11,13H,4-7H2,1-3H3. The van der Waals surface area contributed by atoms with Crippen molar-refractivity contribution < 1.29 is 4.79 Å². The van der Waals surface area contributed by atoms with Gasteiger partial charge in [0.2, 0.25) is 5.91 Å². The Bertz CT molecular complexity index is 588. The predicted octanol–water partition coefficient (Wildman–Crippen LogP) is 2.69. The quantitative estimate of drug-likeness (QED) is 0.859. The number of amides is 1. The van der Waals surface area contributed by atoms with E-state index in [1.807, 2.05) is 31.9 Å². The smallest absolute Gasteiger partial charge is 0.225 e. The van der Waals surface area contributed by atoms with Crippen LogP contribution < -0.4 is 4.90 Å². The maximum Gasteiger partial charge on any atom is 0.225 e. The highest BCUT2D eigenvalue weighted by molar-refractivity contribution is 6.33.